The molecule has 3 aromatic rings. The average molecular weight is 315 g/mol. The maximum Gasteiger partial charge on any atom is 0.0486 e. The van der Waals surface area contributed by atoms with E-state index in [2.05, 4.69) is 75.2 Å². The number of fused-ring (bicyclic) bond motifs is 1. The minimum Gasteiger partial charge on any atom is -0.343 e. The number of nitrogens with two attached hydrogens (primary N) is 1. The summed E-state index contributed by atoms with van der Waals surface area (Å²) in [5.74, 6) is 0. The van der Waals surface area contributed by atoms with Gasteiger partial charge in [0.1, 0.15) is 0 Å². The average Bonchev–Trinajstić information content (AvgIpc) is 2.80. The van der Waals surface area contributed by atoms with Gasteiger partial charge in [-0.05, 0) is 29.3 Å². The zero-order valence-electron chi connectivity index (χ0n) is 10.5. The van der Waals surface area contributed by atoms with Crippen molar-refractivity contribution >= 4 is 26.8 Å². The van der Waals surface area contributed by atoms with Crippen LogP contribution in [0.25, 0.3) is 10.9 Å². The molecule has 0 atom stereocenters. The zero-order valence-corrected chi connectivity index (χ0v) is 12.1. The number of aromatic nitrogens is 1. The summed E-state index contributed by atoms with van der Waals surface area (Å²) in [7, 11) is 0. The lowest BCUT2D eigenvalue weighted by molar-refractivity contribution is 0.829. The molecule has 0 spiro atoms. The first kappa shape index (κ1) is 12.5. The largest absolute Gasteiger partial charge is 0.343 e. The summed E-state index contributed by atoms with van der Waals surface area (Å²) in [6, 6.07) is 16.8. The van der Waals surface area contributed by atoms with Crippen molar-refractivity contribution in [2.45, 2.75) is 13.1 Å². The Morgan fingerprint density at radius 1 is 1.00 bits per heavy atom. The van der Waals surface area contributed by atoms with E-state index in [1.165, 1.54) is 22.0 Å². The van der Waals surface area contributed by atoms with Crippen molar-refractivity contribution in [1.29, 1.82) is 0 Å². The lowest BCUT2D eigenvalue weighted by Gasteiger charge is -2.05. The van der Waals surface area contributed by atoms with E-state index in [0.29, 0.717) is 6.54 Å². The summed E-state index contributed by atoms with van der Waals surface area (Å²) in [6.45, 7) is 1.45. The molecule has 0 radical (unpaired) electrons. The van der Waals surface area contributed by atoms with Crippen LogP contribution in [0.2, 0.25) is 0 Å². The Kier molecular flexibility index (Phi) is 3.40. The van der Waals surface area contributed by atoms with Crippen LogP contribution >= 0.6 is 15.9 Å². The smallest absolute Gasteiger partial charge is 0.0486 e. The minimum atomic E-state index is 0.577. The lowest BCUT2D eigenvalue weighted by Crippen LogP contribution is -1.98. The maximum absolute atomic E-state index is 5.82. The molecule has 0 unspecified atom stereocenters. The lowest BCUT2D eigenvalue weighted by atomic mass is 10.2. The Bertz CT molecular complexity index is 698. The first-order valence-electron chi connectivity index (χ1n) is 6.29. The van der Waals surface area contributed by atoms with Crippen LogP contribution in [0.15, 0.2) is 59.2 Å². The molecular formula is C16H15BrN2. The van der Waals surface area contributed by atoms with Crippen molar-refractivity contribution in [3.05, 3.63) is 70.3 Å². The van der Waals surface area contributed by atoms with Crippen molar-refractivity contribution in [1.82, 2.24) is 4.57 Å². The molecule has 3 heteroatoms. The van der Waals surface area contributed by atoms with Gasteiger partial charge < -0.3 is 10.3 Å². The van der Waals surface area contributed by atoms with Crippen LogP contribution in [0.5, 0.6) is 0 Å². The van der Waals surface area contributed by atoms with Gasteiger partial charge in [-0.2, -0.15) is 0 Å². The monoisotopic (exact) mass is 314 g/mol. The van der Waals surface area contributed by atoms with Crippen LogP contribution in [0, 0.1) is 0 Å². The molecule has 19 heavy (non-hydrogen) atoms. The molecule has 0 saturated carbocycles. The molecule has 0 aliphatic heterocycles. The SMILES string of the molecule is NCc1cn(Cc2ccc(Br)cc2)c2ccccc12. The molecule has 0 amide bonds. The Balaban J connectivity index is 2.03. The zero-order chi connectivity index (χ0) is 13.2. The van der Waals surface area contributed by atoms with Crippen molar-refractivity contribution in [2.24, 2.45) is 5.73 Å². The number of para-hydroxylation sites is 1. The van der Waals surface area contributed by atoms with E-state index in [1.54, 1.807) is 0 Å². The number of hydrogen-bond acceptors (Lipinski definition) is 1. The molecule has 96 valence electrons. The number of hydrogen-bond donors (Lipinski definition) is 1. The summed E-state index contributed by atoms with van der Waals surface area (Å²) in [5.41, 5.74) is 9.55. The van der Waals surface area contributed by atoms with Gasteiger partial charge in [0.25, 0.3) is 0 Å². The summed E-state index contributed by atoms with van der Waals surface area (Å²) in [6.07, 6.45) is 2.16. The van der Waals surface area contributed by atoms with Gasteiger partial charge in [0.2, 0.25) is 0 Å². The third kappa shape index (κ3) is 2.44. The molecule has 2 N–H and O–H groups in total. The maximum atomic E-state index is 5.82. The standard InChI is InChI=1S/C16H15BrN2/c17-14-7-5-12(6-8-14)10-19-11-13(9-18)15-3-1-2-4-16(15)19/h1-8,11H,9-10,18H2. The van der Waals surface area contributed by atoms with Gasteiger partial charge in [-0.15, -0.1) is 0 Å². The fourth-order valence-electron chi connectivity index (χ4n) is 2.40. The van der Waals surface area contributed by atoms with Crippen molar-refractivity contribution in [3.8, 4) is 0 Å². The highest BCUT2D eigenvalue weighted by Gasteiger charge is 2.06. The highest BCUT2D eigenvalue weighted by molar-refractivity contribution is 9.10. The second-order valence-electron chi connectivity index (χ2n) is 4.63. The van der Waals surface area contributed by atoms with Crippen molar-refractivity contribution in [3.63, 3.8) is 0 Å². The van der Waals surface area contributed by atoms with Gasteiger partial charge in [0.05, 0.1) is 0 Å². The quantitative estimate of drug-likeness (QED) is 0.780. The Morgan fingerprint density at radius 3 is 2.47 bits per heavy atom. The van der Waals surface area contributed by atoms with Crippen LogP contribution in [0.4, 0.5) is 0 Å². The van der Waals surface area contributed by atoms with Crippen LogP contribution < -0.4 is 5.73 Å². The van der Waals surface area contributed by atoms with Gasteiger partial charge >= 0.3 is 0 Å². The number of nitrogens with zero attached hydrogens (tertiary/aromatic N) is 1. The number of halogens is 1. The van der Waals surface area contributed by atoms with Crippen LogP contribution in [0.1, 0.15) is 11.1 Å². The molecule has 0 fully saturated rings. The highest BCUT2D eigenvalue weighted by atomic mass is 79.9. The second kappa shape index (κ2) is 5.19. The topological polar surface area (TPSA) is 30.9 Å². The molecule has 1 aromatic heterocycles. The first-order chi connectivity index (χ1) is 9.28. The van der Waals surface area contributed by atoms with E-state index >= 15 is 0 Å². The van der Waals surface area contributed by atoms with Gasteiger partial charge in [0.15, 0.2) is 0 Å². The molecule has 2 nitrogen and oxygen atoms in total. The number of benzene rings is 2. The first-order valence-corrected chi connectivity index (χ1v) is 7.08. The second-order valence-corrected chi connectivity index (χ2v) is 5.55. The summed E-state index contributed by atoms with van der Waals surface area (Å²) < 4.78 is 3.37. The molecule has 2 aromatic carbocycles. The van der Waals surface area contributed by atoms with Gasteiger partial charge in [-0.3, -0.25) is 0 Å². The van der Waals surface area contributed by atoms with Gasteiger partial charge in [0, 0.05) is 34.7 Å². The van der Waals surface area contributed by atoms with E-state index in [1.807, 2.05) is 0 Å². The molecule has 0 aliphatic carbocycles. The van der Waals surface area contributed by atoms with E-state index in [-0.39, 0.29) is 0 Å². The molecule has 0 aliphatic rings. The summed E-state index contributed by atoms with van der Waals surface area (Å²) in [4.78, 5) is 0. The third-order valence-electron chi connectivity index (χ3n) is 3.36. The van der Waals surface area contributed by atoms with E-state index < -0.39 is 0 Å². The van der Waals surface area contributed by atoms with Crippen molar-refractivity contribution in [2.75, 3.05) is 0 Å². The highest BCUT2D eigenvalue weighted by Crippen LogP contribution is 2.22. The molecule has 3 rings (SSSR count). The predicted molar refractivity (Wildman–Crippen MR) is 83.1 cm³/mol. The Morgan fingerprint density at radius 2 is 1.74 bits per heavy atom. The van der Waals surface area contributed by atoms with Crippen LogP contribution in [0.3, 0.4) is 0 Å². The fourth-order valence-corrected chi connectivity index (χ4v) is 2.67. The minimum absolute atomic E-state index is 0.577. The molecular weight excluding hydrogens is 300 g/mol. The van der Waals surface area contributed by atoms with E-state index in [4.69, 9.17) is 5.73 Å². The Hall–Kier alpha value is -1.58. The third-order valence-corrected chi connectivity index (χ3v) is 3.89. The Labute approximate surface area is 121 Å². The number of rotatable bonds is 3. The summed E-state index contributed by atoms with van der Waals surface area (Å²) in [5, 5.41) is 1.25. The van der Waals surface area contributed by atoms with E-state index in [0.717, 1.165) is 11.0 Å². The van der Waals surface area contributed by atoms with Crippen LogP contribution in [-0.2, 0) is 13.1 Å². The van der Waals surface area contributed by atoms with Gasteiger partial charge in [-0.25, -0.2) is 0 Å². The van der Waals surface area contributed by atoms with Crippen LogP contribution in [-0.4, -0.2) is 4.57 Å². The fraction of sp³-hybridized carbons (Fsp3) is 0.125. The molecule has 0 bridgehead atoms. The normalized spacial score (nSPS) is 11.1. The molecule has 0 saturated heterocycles. The summed E-state index contributed by atoms with van der Waals surface area (Å²) >= 11 is 3.46. The molecule has 1 heterocycles. The van der Waals surface area contributed by atoms with Crippen molar-refractivity contribution < 1.29 is 0 Å². The predicted octanol–water partition coefficient (Wildman–Crippen LogP) is 3.91. The van der Waals surface area contributed by atoms with E-state index in [9.17, 15) is 0 Å². The van der Waals surface area contributed by atoms with Gasteiger partial charge in [-0.1, -0.05) is 46.3 Å².